The Hall–Kier alpha value is -2.66. The number of fused-ring (bicyclic) bond motifs is 1. The first-order valence-corrected chi connectivity index (χ1v) is 10.4. The molecule has 0 aliphatic heterocycles. The molecule has 1 aliphatic rings. The molecule has 0 unspecified atom stereocenters. The second-order valence-corrected chi connectivity index (χ2v) is 8.22. The van der Waals surface area contributed by atoms with Crippen LogP contribution in [0.15, 0.2) is 41.8 Å². The molecule has 1 aliphatic carbocycles. The lowest BCUT2D eigenvalue weighted by molar-refractivity contribution is 0.0919. The Morgan fingerprint density at radius 2 is 2.04 bits per heavy atom. The number of thiophene rings is 1. The molecule has 0 amide bonds. The molecule has 3 aromatic rings. The Kier molecular flexibility index (Phi) is 5.18. The molecule has 2 heterocycles. The second kappa shape index (κ2) is 7.76. The van der Waals surface area contributed by atoms with E-state index in [1.807, 2.05) is 38.1 Å². The summed E-state index contributed by atoms with van der Waals surface area (Å²) in [6.07, 6.45) is 2.17. The van der Waals surface area contributed by atoms with E-state index in [1.165, 1.54) is 4.88 Å². The van der Waals surface area contributed by atoms with Crippen LogP contribution in [-0.2, 0) is 19.4 Å². The van der Waals surface area contributed by atoms with Crippen LogP contribution in [0.3, 0.4) is 0 Å². The molecule has 0 spiro atoms. The van der Waals surface area contributed by atoms with Gasteiger partial charge in [-0.3, -0.25) is 9.59 Å². The number of benzene rings is 1. The molecule has 1 aromatic carbocycles. The van der Waals surface area contributed by atoms with Crippen LogP contribution in [0.5, 0.6) is 5.75 Å². The summed E-state index contributed by atoms with van der Waals surface area (Å²) in [6.45, 7) is 4.88. The Bertz CT molecular complexity index is 1030. The summed E-state index contributed by atoms with van der Waals surface area (Å²) >= 11 is 1.76. The summed E-state index contributed by atoms with van der Waals surface area (Å²) in [6, 6.07) is 11.7. The Morgan fingerprint density at radius 3 is 2.82 bits per heavy atom. The first kappa shape index (κ1) is 18.7. The number of nitrogens with zero attached hydrogens (tertiary/aromatic N) is 1. The molecule has 0 fully saturated rings. The van der Waals surface area contributed by atoms with Crippen LogP contribution in [0.1, 0.15) is 49.0 Å². The maximum atomic E-state index is 12.8. The number of ether oxygens (including phenoxy) is 1. The SMILES string of the molecule is Cc1cc(C(=O)COc2cccc3c2CCC3=O)c(C)n1CCc1cccs1. The normalized spacial score (nSPS) is 13.0. The molecule has 0 saturated carbocycles. The van der Waals surface area contributed by atoms with Crippen LogP contribution in [0, 0.1) is 13.8 Å². The molecule has 0 atom stereocenters. The summed E-state index contributed by atoms with van der Waals surface area (Å²) in [5.41, 5.74) is 4.45. The van der Waals surface area contributed by atoms with Gasteiger partial charge in [-0.2, -0.15) is 0 Å². The highest BCUT2D eigenvalue weighted by molar-refractivity contribution is 7.09. The molecule has 4 nitrogen and oxygen atoms in total. The van der Waals surface area contributed by atoms with Crippen molar-refractivity contribution in [2.75, 3.05) is 6.61 Å². The van der Waals surface area contributed by atoms with Crippen molar-refractivity contribution in [3.63, 3.8) is 0 Å². The standard InChI is InChI=1S/C23H23NO3S/c1-15-13-20(16(2)24(15)11-10-17-5-4-12-28-17)22(26)14-27-23-7-3-6-18-19(23)8-9-21(18)25/h3-7,12-13H,8-11,14H2,1-2H3. The van der Waals surface area contributed by atoms with Gasteiger partial charge in [0.1, 0.15) is 5.75 Å². The monoisotopic (exact) mass is 393 g/mol. The molecular formula is C23H23NO3S. The summed E-state index contributed by atoms with van der Waals surface area (Å²) in [5, 5.41) is 2.09. The molecule has 0 saturated heterocycles. The van der Waals surface area contributed by atoms with Crippen LogP contribution in [0.25, 0.3) is 0 Å². The Balaban J connectivity index is 1.46. The highest BCUT2D eigenvalue weighted by atomic mass is 32.1. The number of aromatic nitrogens is 1. The average Bonchev–Trinajstić information content (AvgIpc) is 3.40. The van der Waals surface area contributed by atoms with Gasteiger partial charge in [0, 0.05) is 45.9 Å². The van der Waals surface area contributed by atoms with E-state index in [4.69, 9.17) is 4.74 Å². The van der Waals surface area contributed by atoms with E-state index in [-0.39, 0.29) is 18.2 Å². The largest absolute Gasteiger partial charge is 0.485 e. The minimum absolute atomic E-state index is 0.0140. The topological polar surface area (TPSA) is 48.3 Å². The third-order valence-electron chi connectivity index (χ3n) is 5.43. The predicted molar refractivity (Wildman–Crippen MR) is 111 cm³/mol. The third kappa shape index (κ3) is 3.54. The number of rotatable bonds is 7. The van der Waals surface area contributed by atoms with Gasteiger partial charge < -0.3 is 9.30 Å². The Morgan fingerprint density at radius 1 is 1.18 bits per heavy atom. The van der Waals surface area contributed by atoms with E-state index in [9.17, 15) is 9.59 Å². The molecule has 2 aromatic heterocycles. The van der Waals surface area contributed by atoms with Crippen molar-refractivity contribution in [3.8, 4) is 5.75 Å². The quantitative estimate of drug-likeness (QED) is 0.542. The van der Waals surface area contributed by atoms with Crippen LogP contribution >= 0.6 is 11.3 Å². The fourth-order valence-corrected chi connectivity index (χ4v) is 4.62. The van der Waals surface area contributed by atoms with Crippen molar-refractivity contribution in [3.05, 3.63) is 74.7 Å². The third-order valence-corrected chi connectivity index (χ3v) is 6.37. The molecule has 4 rings (SSSR count). The van der Waals surface area contributed by atoms with Crippen LogP contribution < -0.4 is 4.74 Å². The van der Waals surface area contributed by atoms with E-state index in [1.54, 1.807) is 11.3 Å². The number of carbonyl (C=O) groups is 2. The van der Waals surface area contributed by atoms with Crippen molar-refractivity contribution >= 4 is 22.9 Å². The van der Waals surface area contributed by atoms with Crippen molar-refractivity contribution in [1.82, 2.24) is 4.57 Å². The molecule has 0 N–H and O–H groups in total. The maximum Gasteiger partial charge on any atom is 0.202 e. The number of hydrogen-bond donors (Lipinski definition) is 0. The Labute approximate surface area is 168 Å². The minimum atomic E-state index is -0.0302. The summed E-state index contributed by atoms with van der Waals surface area (Å²) < 4.78 is 8.03. The number of ketones is 2. The zero-order chi connectivity index (χ0) is 19.7. The van der Waals surface area contributed by atoms with Gasteiger partial charge in [0.2, 0.25) is 5.78 Å². The highest BCUT2D eigenvalue weighted by Gasteiger charge is 2.23. The van der Waals surface area contributed by atoms with E-state index in [0.29, 0.717) is 24.2 Å². The summed E-state index contributed by atoms with van der Waals surface area (Å²) in [4.78, 5) is 26.0. The zero-order valence-electron chi connectivity index (χ0n) is 16.2. The zero-order valence-corrected chi connectivity index (χ0v) is 17.0. The lowest BCUT2D eigenvalue weighted by Crippen LogP contribution is -2.14. The van der Waals surface area contributed by atoms with Crippen molar-refractivity contribution in [2.24, 2.45) is 0 Å². The highest BCUT2D eigenvalue weighted by Crippen LogP contribution is 2.30. The van der Waals surface area contributed by atoms with Gasteiger partial charge >= 0.3 is 0 Å². The lowest BCUT2D eigenvalue weighted by Gasteiger charge is -2.11. The van der Waals surface area contributed by atoms with Crippen molar-refractivity contribution in [1.29, 1.82) is 0 Å². The van der Waals surface area contributed by atoms with Gasteiger partial charge in [0.15, 0.2) is 12.4 Å². The fourth-order valence-electron chi connectivity index (χ4n) is 3.92. The first-order chi connectivity index (χ1) is 13.5. The molecule has 144 valence electrons. The summed E-state index contributed by atoms with van der Waals surface area (Å²) in [5.74, 6) is 0.779. The minimum Gasteiger partial charge on any atom is -0.485 e. The molecule has 28 heavy (non-hydrogen) atoms. The summed E-state index contributed by atoms with van der Waals surface area (Å²) in [7, 11) is 0. The average molecular weight is 394 g/mol. The fraction of sp³-hybridized carbons (Fsp3) is 0.304. The van der Waals surface area contributed by atoms with E-state index >= 15 is 0 Å². The van der Waals surface area contributed by atoms with Crippen molar-refractivity contribution < 1.29 is 14.3 Å². The number of Topliss-reactive ketones (excluding diaryl/α,β-unsaturated/α-hetero) is 2. The first-order valence-electron chi connectivity index (χ1n) is 9.55. The van der Waals surface area contributed by atoms with Crippen LogP contribution in [-0.4, -0.2) is 22.7 Å². The van der Waals surface area contributed by atoms with Gasteiger partial charge in [0.05, 0.1) is 0 Å². The second-order valence-electron chi connectivity index (χ2n) is 7.18. The molecule has 5 heteroatoms. The van der Waals surface area contributed by atoms with Crippen LogP contribution in [0.4, 0.5) is 0 Å². The molecular weight excluding hydrogens is 370 g/mol. The maximum absolute atomic E-state index is 12.8. The van der Waals surface area contributed by atoms with Gasteiger partial charge in [-0.1, -0.05) is 18.2 Å². The smallest absolute Gasteiger partial charge is 0.202 e. The van der Waals surface area contributed by atoms with Gasteiger partial charge in [-0.05, 0) is 50.3 Å². The van der Waals surface area contributed by atoms with Gasteiger partial charge in [0.25, 0.3) is 0 Å². The van der Waals surface area contributed by atoms with Gasteiger partial charge in [-0.25, -0.2) is 0 Å². The number of hydrogen-bond acceptors (Lipinski definition) is 4. The van der Waals surface area contributed by atoms with E-state index in [2.05, 4.69) is 22.1 Å². The van der Waals surface area contributed by atoms with Crippen LogP contribution in [0.2, 0.25) is 0 Å². The molecule has 0 radical (unpaired) electrons. The number of carbonyl (C=O) groups excluding carboxylic acids is 2. The molecule has 0 bridgehead atoms. The predicted octanol–water partition coefficient (Wildman–Crippen LogP) is 4.80. The van der Waals surface area contributed by atoms with Crippen molar-refractivity contribution in [2.45, 2.75) is 39.7 Å². The lowest BCUT2D eigenvalue weighted by atomic mass is 10.1. The van der Waals surface area contributed by atoms with E-state index in [0.717, 1.165) is 35.5 Å². The van der Waals surface area contributed by atoms with E-state index < -0.39 is 0 Å². The number of aryl methyl sites for hydroxylation is 2. The van der Waals surface area contributed by atoms with Gasteiger partial charge in [-0.15, -0.1) is 11.3 Å².